The van der Waals surface area contributed by atoms with E-state index in [1.54, 1.807) is 12.1 Å². The van der Waals surface area contributed by atoms with Crippen LogP contribution in [0.2, 0.25) is 0 Å². The van der Waals surface area contributed by atoms with Crippen LogP contribution >= 0.6 is 0 Å². The Bertz CT molecular complexity index is 231. The maximum absolute atomic E-state index is 12.8. The van der Waals surface area contributed by atoms with E-state index in [0.29, 0.717) is 5.92 Å². The van der Waals surface area contributed by atoms with Crippen molar-refractivity contribution in [3.05, 3.63) is 35.1 Å². The summed E-state index contributed by atoms with van der Waals surface area (Å²) in [5, 5.41) is 0. The van der Waals surface area contributed by atoms with E-state index in [1.807, 2.05) is 13.0 Å². The minimum Gasteiger partial charge on any atom is -0.207 e. The SMILES string of the molecule is Cc1cc(F)cc(C(C)C)c1. The van der Waals surface area contributed by atoms with Gasteiger partial charge in [0.2, 0.25) is 0 Å². The van der Waals surface area contributed by atoms with Gasteiger partial charge in [0.1, 0.15) is 5.82 Å². The van der Waals surface area contributed by atoms with Gasteiger partial charge in [0.25, 0.3) is 0 Å². The predicted octanol–water partition coefficient (Wildman–Crippen LogP) is 3.26. The van der Waals surface area contributed by atoms with Crippen LogP contribution in [0.15, 0.2) is 18.2 Å². The first-order chi connectivity index (χ1) is 5.09. The van der Waals surface area contributed by atoms with Gasteiger partial charge in [-0.1, -0.05) is 19.9 Å². The van der Waals surface area contributed by atoms with Gasteiger partial charge in [0, 0.05) is 0 Å². The van der Waals surface area contributed by atoms with Crippen LogP contribution in [0.25, 0.3) is 0 Å². The summed E-state index contributed by atoms with van der Waals surface area (Å²) in [6.45, 7) is 6.04. The van der Waals surface area contributed by atoms with Crippen LogP contribution in [0.1, 0.15) is 30.9 Å². The van der Waals surface area contributed by atoms with Crippen molar-refractivity contribution in [3.63, 3.8) is 0 Å². The molecule has 60 valence electrons. The molecule has 0 N–H and O–H groups in total. The van der Waals surface area contributed by atoms with E-state index in [4.69, 9.17) is 0 Å². The lowest BCUT2D eigenvalue weighted by atomic mass is 10.0. The maximum Gasteiger partial charge on any atom is 0.123 e. The number of halogens is 1. The molecule has 1 aromatic carbocycles. The summed E-state index contributed by atoms with van der Waals surface area (Å²) in [6.07, 6.45) is 0. The number of aryl methyl sites for hydroxylation is 1. The van der Waals surface area contributed by atoms with Crippen molar-refractivity contribution in [1.82, 2.24) is 0 Å². The predicted molar refractivity (Wildman–Crippen MR) is 45.2 cm³/mol. The first-order valence-electron chi connectivity index (χ1n) is 3.86. The zero-order valence-electron chi connectivity index (χ0n) is 7.19. The number of benzene rings is 1. The van der Waals surface area contributed by atoms with E-state index >= 15 is 0 Å². The quantitative estimate of drug-likeness (QED) is 0.579. The zero-order chi connectivity index (χ0) is 8.43. The van der Waals surface area contributed by atoms with E-state index in [1.165, 1.54) is 0 Å². The molecule has 0 aromatic heterocycles. The number of hydrogen-bond donors (Lipinski definition) is 0. The molecule has 11 heavy (non-hydrogen) atoms. The van der Waals surface area contributed by atoms with Gasteiger partial charge in [0.05, 0.1) is 0 Å². The second kappa shape index (κ2) is 3.04. The molecule has 1 heteroatoms. The lowest BCUT2D eigenvalue weighted by Gasteiger charge is -2.05. The lowest BCUT2D eigenvalue weighted by molar-refractivity contribution is 0.622. The second-order valence-corrected chi connectivity index (χ2v) is 3.22. The maximum atomic E-state index is 12.8. The molecule has 0 aliphatic carbocycles. The standard InChI is InChI=1S/C10H13F/c1-7(2)9-4-8(3)5-10(11)6-9/h4-7H,1-3H3. The molecule has 1 rings (SSSR count). The van der Waals surface area contributed by atoms with Crippen LogP contribution < -0.4 is 0 Å². The fourth-order valence-electron chi connectivity index (χ4n) is 1.10. The van der Waals surface area contributed by atoms with Crippen LogP contribution in [-0.4, -0.2) is 0 Å². The Kier molecular flexibility index (Phi) is 2.28. The third-order valence-electron chi connectivity index (χ3n) is 1.73. The Morgan fingerprint density at radius 1 is 1.18 bits per heavy atom. The first-order valence-corrected chi connectivity index (χ1v) is 3.86. The van der Waals surface area contributed by atoms with Crippen LogP contribution in [0.5, 0.6) is 0 Å². The molecule has 0 spiro atoms. The number of hydrogen-bond acceptors (Lipinski definition) is 0. The van der Waals surface area contributed by atoms with Crippen molar-refractivity contribution >= 4 is 0 Å². The molecular formula is C10H13F. The van der Waals surface area contributed by atoms with Crippen molar-refractivity contribution in [1.29, 1.82) is 0 Å². The Balaban J connectivity index is 3.08. The minimum absolute atomic E-state index is 0.131. The highest BCUT2D eigenvalue weighted by Gasteiger charge is 2.00. The van der Waals surface area contributed by atoms with Crippen molar-refractivity contribution in [2.24, 2.45) is 0 Å². The molecule has 0 aliphatic heterocycles. The van der Waals surface area contributed by atoms with Crippen molar-refractivity contribution in [2.45, 2.75) is 26.7 Å². The van der Waals surface area contributed by atoms with Crippen molar-refractivity contribution in [2.75, 3.05) is 0 Å². The molecule has 0 heterocycles. The third kappa shape index (κ3) is 2.04. The van der Waals surface area contributed by atoms with E-state index in [9.17, 15) is 4.39 Å². The molecule has 0 amide bonds. The summed E-state index contributed by atoms with van der Waals surface area (Å²) in [6, 6.07) is 5.16. The molecule has 0 aliphatic rings. The van der Waals surface area contributed by atoms with E-state index in [2.05, 4.69) is 13.8 Å². The van der Waals surface area contributed by atoms with Gasteiger partial charge in [-0.3, -0.25) is 0 Å². The largest absolute Gasteiger partial charge is 0.207 e. The van der Waals surface area contributed by atoms with Gasteiger partial charge in [-0.05, 0) is 36.1 Å². The molecule has 0 bridgehead atoms. The van der Waals surface area contributed by atoms with Crippen LogP contribution in [0.3, 0.4) is 0 Å². The van der Waals surface area contributed by atoms with E-state index in [-0.39, 0.29) is 5.82 Å². The smallest absolute Gasteiger partial charge is 0.123 e. The molecular weight excluding hydrogens is 139 g/mol. The summed E-state index contributed by atoms with van der Waals surface area (Å²) in [5.41, 5.74) is 2.07. The van der Waals surface area contributed by atoms with E-state index < -0.39 is 0 Å². The van der Waals surface area contributed by atoms with Crippen molar-refractivity contribution < 1.29 is 4.39 Å². The van der Waals surface area contributed by atoms with Gasteiger partial charge < -0.3 is 0 Å². The fourth-order valence-corrected chi connectivity index (χ4v) is 1.10. The Morgan fingerprint density at radius 3 is 2.27 bits per heavy atom. The molecule has 0 unspecified atom stereocenters. The van der Waals surface area contributed by atoms with Gasteiger partial charge in [-0.15, -0.1) is 0 Å². The summed E-state index contributed by atoms with van der Waals surface area (Å²) in [5.74, 6) is 0.276. The first kappa shape index (κ1) is 8.25. The van der Waals surface area contributed by atoms with E-state index in [0.717, 1.165) is 11.1 Å². The average molecular weight is 152 g/mol. The highest BCUT2D eigenvalue weighted by Crippen LogP contribution is 2.16. The molecule has 0 saturated heterocycles. The molecule has 0 radical (unpaired) electrons. The van der Waals surface area contributed by atoms with Gasteiger partial charge in [0.15, 0.2) is 0 Å². The van der Waals surface area contributed by atoms with Gasteiger partial charge >= 0.3 is 0 Å². The fraction of sp³-hybridized carbons (Fsp3) is 0.400. The van der Waals surface area contributed by atoms with Gasteiger partial charge in [-0.25, -0.2) is 4.39 Å². The lowest BCUT2D eigenvalue weighted by Crippen LogP contribution is -1.89. The summed E-state index contributed by atoms with van der Waals surface area (Å²) in [4.78, 5) is 0. The third-order valence-corrected chi connectivity index (χ3v) is 1.73. The molecule has 1 aromatic rings. The van der Waals surface area contributed by atoms with Crippen LogP contribution in [0.4, 0.5) is 4.39 Å². The molecule has 0 nitrogen and oxygen atoms in total. The minimum atomic E-state index is -0.131. The topological polar surface area (TPSA) is 0 Å². The Morgan fingerprint density at radius 2 is 1.82 bits per heavy atom. The average Bonchev–Trinajstić information content (AvgIpc) is 1.85. The van der Waals surface area contributed by atoms with Gasteiger partial charge in [-0.2, -0.15) is 0 Å². The number of rotatable bonds is 1. The Hall–Kier alpha value is -0.850. The summed E-state index contributed by atoms with van der Waals surface area (Å²) in [7, 11) is 0. The monoisotopic (exact) mass is 152 g/mol. The van der Waals surface area contributed by atoms with Crippen molar-refractivity contribution in [3.8, 4) is 0 Å². The Labute approximate surface area is 67.1 Å². The second-order valence-electron chi connectivity index (χ2n) is 3.22. The van der Waals surface area contributed by atoms with Crippen LogP contribution in [-0.2, 0) is 0 Å². The highest BCUT2D eigenvalue weighted by atomic mass is 19.1. The molecule has 0 fully saturated rings. The zero-order valence-corrected chi connectivity index (χ0v) is 7.19. The summed E-state index contributed by atoms with van der Waals surface area (Å²) >= 11 is 0. The normalized spacial score (nSPS) is 10.6. The molecule has 0 saturated carbocycles. The summed E-state index contributed by atoms with van der Waals surface area (Å²) < 4.78 is 12.8. The van der Waals surface area contributed by atoms with Crippen LogP contribution in [0, 0.1) is 12.7 Å². The molecule has 0 atom stereocenters. The highest BCUT2D eigenvalue weighted by molar-refractivity contribution is 5.25.